The van der Waals surface area contributed by atoms with E-state index >= 15 is 0 Å². The predicted octanol–water partition coefficient (Wildman–Crippen LogP) is 5.14. The van der Waals surface area contributed by atoms with Crippen LogP contribution in [0.15, 0.2) is 21.1 Å². The van der Waals surface area contributed by atoms with Crippen molar-refractivity contribution in [3.63, 3.8) is 0 Å². The maximum Gasteiger partial charge on any atom is 0.147 e. The summed E-state index contributed by atoms with van der Waals surface area (Å²) in [5, 5.41) is 3.60. The fourth-order valence-electron chi connectivity index (χ4n) is 2.92. The predicted molar refractivity (Wildman–Crippen MR) is 91.2 cm³/mol. The van der Waals surface area contributed by atoms with E-state index in [-0.39, 0.29) is 0 Å². The molecule has 0 aromatic heterocycles. The lowest BCUT2D eigenvalue weighted by Crippen LogP contribution is -2.24. The van der Waals surface area contributed by atoms with Crippen molar-refractivity contribution in [1.29, 1.82) is 0 Å². The second-order valence-electron chi connectivity index (χ2n) is 5.62. The Morgan fingerprint density at radius 2 is 1.95 bits per heavy atom. The van der Waals surface area contributed by atoms with Crippen molar-refractivity contribution in [3.8, 4) is 5.75 Å². The molecule has 1 N–H and O–H groups in total. The zero-order valence-corrected chi connectivity index (χ0v) is 15.4. The van der Waals surface area contributed by atoms with Gasteiger partial charge in [-0.3, -0.25) is 0 Å². The van der Waals surface area contributed by atoms with Gasteiger partial charge in [0.2, 0.25) is 0 Å². The molecule has 1 aliphatic carbocycles. The zero-order valence-electron chi connectivity index (χ0n) is 12.2. The van der Waals surface area contributed by atoms with Gasteiger partial charge in [0.15, 0.2) is 0 Å². The molecule has 0 amide bonds. The third kappa shape index (κ3) is 4.22. The largest absolute Gasteiger partial charge is 0.492 e. The first-order valence-corrected chi connectivity index (χ1v) is 9.01. The Bertz CT molecular complexity index is 427. The minimum absolute atomic E-state index is 0.675. The number of hydrogen-bond acceptors (Lipinski definition) is 2. The van der Waals surface area contributed by atoms with Gasteiger partial charge in [0.1, 0.15) is 5.75 Å². The highest BCUT2D eigenvalue weighted by Crippen LogP contribution is 2.35. The van der Waals surface area contributed by atoms with Crippen LogP contribution in [0, 0.1) is 11.8 Å². The summed E-state index contributed by atoms with van der Waals surface area (Å²) in [4.78, 5) is 0. The third-order valence-electron chi connectivity index (χ3n) is 4.12. The van der Waals surface area contributed by atoms with Gasteiger partial charge in [0.25, 0.3) is 0 Å². The molecule has 1 aromatic rings. The van der Waals surface area contributed by atoms with Crippen LogP contribution in [0.25, 0.3) is 0 Å². The summed E-state index contributed by atoms with van der Waals surface area (Å²) in [6, 6.07) is 4.28. The van der Waals surface area contributed by atoms with Crippen LogP contribution in [-0.2, 0) is 6.54 Å². The first-order valence-electron chi connectivity index (χ1n) is 7.43. The van der Waals surface area contributed by atoms with Crippen molar-refractivity contribution in [2.24, 2.45) is 11.8 Å². The lowest BCUT2D eigenvalue weighted by atomic mass is 9.98. The zero-order chi connectivity index (χ0) is 14.5. The van der Waals surface area contributed by atoms with Gasteiger partial charge in [0.05, 0.1) is 15.6 Å². The second kappa shape index (κ2) is 7.81. The average Bonchev–Trinajstić information content (AvgIpc) is 2.80. The van der Waals surface area contributed by atoms with Crippen LogP contribution in [-0.4, -0.2) is 13.2 Å². The van der Waals surface area contributed by atoms with E-state index in [9.17, 15) is 0 Å². The van der Waals surface area contributed by atoms with E-state index in [1.807, 2.05) is 6.92 Å². The summed E-state index contributed by atoms with van der Waals surface area (Å²) < 4.78 is 7.64. The molecule has 112 valence electrons. The molecular weight excluding hydrogens is 382 g/mol. The summed E-state index contributed by atoms with van der Waals surface area (Å²) in [7, 11) is 0. The molecule has 0 aliphatic heterocycles. The molecular formula is C16H23Br2NO. The Kier molecular flexibility index (Phi) is 6.37. The highest BCUT2D eigenvalue weighted by Gasteiger charge is 2.22. The molecule has 0 spiro atoms. The summed E-state index contributed by atoms with van der Waals surface area (Å²) in [5.74, 6) is 2.62. The first kappa shape index (κ1) is 16.3. The maximum atomic E-state index is 5.61. The van der Waals surface area contributed by atoms with Crippen LogP contribution in [0.2, 0.25) is 0 Å². The molecule has 2 unspecified atom stereocenters. The lowest BCUT2D eigenvalue weighted by molar-refractivity contribution is 0.335. The molecule has 0 radical (unpaired) electrons. The van der Waals surface area contributed by atoms with Crippen molar-refractivity contribution >= 4 is 31.9 Å². The van der Waals surface area contributed by atoms with Gasteiger partial charge in [-0.15, -0.1) is 0 Å². The molecule has 0 bridgehead atoms. The summed E-state index contributed by atoms with van der Waals surface area (Å²) in [6.07, 6.45) is 4.17. The minimum Gasteiger partial charge on any atom is -0.492 e. The van der Waals surface area contributed by atoms with Gasteiger partial charge in [-0.1, -0.05) is 19.8 Å². The molecule has 1 saturated carbocycles. The number of rotatable bonds is 6. The summed E-state index contributed by atoms with van der Waals surface area (Å²) >= 11 is 7.17. The number of benzene rings is 1. The van der Waals surface area contributed by atoms with Crippen molar-refractivity contribution < 1.29 is 4.74 Å². The summed E-state index contributed by atoms with van der Waals surface area (Å²) in [5.41, 5.74) is 1.28. The molecule has 1 aliphatic rings. The number of halogens is 2. The Balaban J connectivity index is 1.90. The molecule has 2 rings (SSSR count). The highest BCUT2D eigenvalue weighted by molar-refractivity contribution is 9.11. The van der Waals surface area contributed by atoms with Crippen LogP contribution < -0.4 is 10.1 Å². The van der Waals surface area contributed by atoms with E-state index in [4.69, 9.17) is 4.74 Å². The molecule has 0 heterocycles. The monoisotopic (exact) mass is 403 g/mol. The third-order valence-corrected chi connectivity index (χ3v) is 5.30. The molecule has 2 nitrogen and oxygen atoms in total. The Morgan fingerprint density at radius 3 is 2.50 bits per heavy atom. The maximum absolute atomic E-state index is 5.61. The van der Waals surface area contributed by atoms with E-state index in [2.05, 4.69) is 56.2 Å². The van der Waals surface area contributed by atoms with Gasteiger partial charge in [-0.25, -0.2) is 0 Å². The fraction of sp³-hybridized carbons (Fsp3) is 0.625. The number of ether oxygens (including phenoxy) is 1. The molecule has 4 heteroatoms. The van der Waals surface area contributed by atoms with E-state index in [1.165, 1.54) is 24.8 Å². The number of nitrogens with one attached hydrogen (secondary N) is 1. The van der Waals surface area contributed by atoms with Crippen molar-refractivity contribution in [3.05, 3.63) is 26.6 Å². The number of hydrogen-bond donors (Lipinski definition) is 1. The van der Waals surface area contributed by atoms with Crippen molar-refractivity contribution in [2.75, 3.05) is 13.2 Å². The SMILES string of the molecule is CCOc1c(Br)cc(CNCC2CCCC2C)cc1Br. The average molecular weight is 405 g/mol. The molecule has 1 aromatic carbocycles. The molecule has 20 heavy (non-hydrogen) atoms. The molecule has 2 atom stereocenters. The summed E-state index contributed by atoms with van der Waals surface area (Å²) in [6.45, 7) is 7.09. The Morgan fingerprint density at radius 1 is 1.25 bits per heavy atom. The molecule has 0 saturated heterocycles. The minimum atomic E-state index is 0.675. The van der Waals surface area contributed by atoms with E-state index in [0.717, 1.165) is 39.6 Å². The van der Waals surface area contributed by atoms with Crippen LogP contribution in [0.3, 0.4) is 0 Å². The Hall–Kier alpha value is -0.0600. The van der Waals surface area contributed by atoms with Gasteiger partial charge in [-0.05, 0) is 81.3 Å². The molecule has 1 fully saturated rings. The van der Waals surface area contributed by atoms with Crippen LogP contribution >= 0.6 is 31.9 Å². The van der Waals surface area contributed by atoms with Crippen LogP contribution in [0.4, 0.5) is 0 Å². The quantitative estimate of drug-likeness (QED) is 0.708. The smallest absolute Gasteiger partial charge is 0.147 e. The second-order valence-corrected chi connectivity index (χ2v) is 7.33. The normalized spacial score (nSPS) is 22.2. The van der Waals surface area contributed by atoms with Gasteiger partial charge in [-0.2, -0.15) is 0 Å². The van der Waals surface area contributed by atoms with Crippen LogP contribution in [0.1, 0.15) is 38.7 Å². The van der Waals surface area contributed by atoms with E-state index in [0.29, 0.717) is 6.61 Å². The van der Waals surface area contributed by atoms with Crippen LogP contribution in [0.5, 0.6) is 5.75 Å². The van der Waals surface area contributed by atoms with Crippen molar-refractivity contribution in [1.82, 2.24) is 5.32 Å². The van der Waals surface area contributed by atoms with Crippen molar-refractivity contribution in [2.45, 2.75) is 39.7 Å². The standard InChI is InChI=1S/C16H23Br2NO/c1-3-20-16-14(17)7-12(8-15(16)18)9-19-10-13-6-4-5-11(13)2/h7-8,11,13,19H,3-6,9-10H2,1-2H3. The topological polar surface area (TPSA) is 21.3 Å². The van der Waals surface area contributed by atoms with E-state index < -0.39 is 0 Å². The lowest BCUT2D eigenvalue weighted by Gasteiger charge is -2.16. The van der Waals surface area contributed by atoms with Gasteiger partial charge < -0.3 is 10.1 Å². The van der Waals surface area contributed by atoms with Gasteiger partial charge >= 0.3 is 0 Å². The Labute approximate surface area is 138 Å². The highest BCUT2D eigenvalue weighted by atomic mass is 79.9. The van der Waals surface area contributed by atoms with E-state index in [1.54, 1.807) is 0 Å². The fourth-order valence-corrected chi connectivity index (χ4v) is 4.43. The first-order chi connectivity index (χ1) is 9.61. The van der Waals surface area contributed by atoms with Gasteiger partial charge in [0, 0.05) is 6.54 Å².